The van der Waals surface area contributed by atoms with Crippen LogP contribution >= 0.6 is 0 Å². The van der Waals surface area contributed by atoms with Crippen LogP contribution in [0.5, 0.6) is 5.75 Å². The molecule has 3 unspecified atom stereocenters. The van der Waals surface area contributed by atoms with E-state index in [-0.39, 0.29) is 67.9 Å². The molecule has 1 amide bonds. The Morgan fingerprint density at radius 1 is 0.423 bits per heavy atom. The van der Waals surface area contributed by atoms with Crippen LogP contribution in [-0.2, 0) is 49.3 Å². The van der Waals surface area contributed by atoms with E-state index in [1.54, 1.807) is 24.3 Å². The molecule has 1 rings (SSSR count). The van der Waals surface area contributed by atoms with Gasteiger partial charge in [-0.1, -0.05) is 182 Å². The lowest BCUT2D eigenvalue weighted by Crippen LogP contribution is -2.42. The number of phenols is 1. The number of hydrogen-bond acceptors (Lipinski definition) is 10. The minimum absolute atomic E-state index is 0.00398. The highest BCUT2D eigenvalue weighted by molar-refractivity contribution is 5.85. The van der Waals surface area contributed by atoms with Gasteiger partial charge < -0.3 is 29.4 Å². The van der Waals surface area contributed by atoms with Crippen LogP contribution in [0.15, 0.2) is 24.3 Å². The molecule has 0 aliphatic heterocycles. The number of rotatable bonds is 48. The van der Waals surface area contributed by atoms with Crippen molar-refractivity contribution >= 4 is 29.8 Å². The van der Waals surface area contributed by atoms with Gasteiger partial charge in [0.15, 0.2) is 0 Å². The molecule has 0 saturated heterocycles. The molecule has 71 heavy (non-hydrogen) atoms. The molecule has 0 bridgehead atoms. The summed E-state index contributed by atoms with van der Waals surface area (Å²) in [7, 11) is 0. The van der Waals surface area contributed by atoms with Crippen molar-refractivity contribution in [2.24, 2.45) is 11.8 Å². The second-order valence-corrected chi connectivity index (χ2v) is 19.6. The molecule has 1 aromatic carbocycles. The highest BCUT2D eigenvalue weighted by Gasteiger charge is 2.24. The number of unbranched alkanes of at least 4 members (excludes halogenated alkanes) is 22. The van der Waals surface area contributed by atoms with Crippen molar-refractivity contribution < 1.29 is 48.0 Å². The minimum atomic E-state index is -1.00. The number of aromatic hydroxyl groups is 1. The lowest BCUT2D eigenvalue weighted by atomic mass is 9.94. The van der Waals surface area contributed by atoms with E-state index in [0.29, 0.717) is 32.5 Å². The van der Waals surface area contributed by atoms with E-state index in [4.69, 9.17) is 18.9 Å². The molecule has 2 N–H and O–H groups in total. The van der Waals surface area contributed by atoms with Crippen molar-refractivity contribution in [1.82, 2.24) is 5.32 Å². The van der Waals surface area contributed by atoms with Crippen LogP contribution in [-0.4, -0.2) is 67.4 Å². The minimum Gasteiger partial charge on any atom is -0.508 e. The monoisotopic (exact) mass is 1000 g/mol. The Balaban J connectivity index is 0.0000242. The second kappa shape index (κ2) is 49.9. The van der Waals surface area contributed by atoms with Crippen molar-refractivity contribution in [2.75, 3.05) is 26.4 Å². The smallest absolute Gasteiger partial charge is 0.328 e. The fourth-order valence-corrected chi connectivity index (χ4v) is 8.66. The van der Waals surface area contributed by atoms with Crippen molar-refractivity contribution in [3.63, 3.8) is 0 Å². The third-order valence-electron chi connectivity index (χ3n) is 13.2. The number of nitrogens with one attached hydrogen (secondary N) is 1. The molecule has 0 radical (unpaired) electrons. The molecule has 3 atom stereocenters. The fourth-order valence-electron chi connectivity index (χ4n) is 8.66. The summed E-state index contributed by atoms with van der Waals surface area (Å²) in [5, 5.41) is 12.4. The van der Waals surface area contributed by atoms with Gasteiger partial charge in [-0.15, -0.1) is 0 Å². The Morgan fingerprint density at radius 2 is 0.761 bits per heavy atom. The fraction of sp³-hybridized carbons (Fsp3) is 0.817. The van der Waals surface area contributed by atoms with Crippen LogP contribution < -0.4 is 5.32 Å². The van der Waals surface area contributed by atoms with E-state index < -0.39 is 18.0 Å². The topological polar surface area (TPSA) is 155 Å². The molecule has 0 heterocycles. The van der Waals surface area contributed by atoms with Crippen molar-refractivity contribution in [2.45, 2.75) is 279 Å². The van der Waals surface area contributed by atoms with Crippen LogP contribution in [0.4, 0.5) is 0 Å². The Kier molecular flexibility index (Phi) is 47.4. The molecular formula is C60H107NO10. The lowest BCUT2D eigenvalue weighted by molar-refractivity contribution is -0.150. The van der Waals surface area contributed by atoms with E-state index in [1.807, 2.05) is 13.8 Å². The number of esters is 4. The standard InChI is InChI=1S/C58H101NO10.C2H6/c1-5-9-13-17-19-27-35-50(33-25-15-11-7-3)56(63)67-46-30-22-21-29-45-66-55(62)44-42-53(59-54(61)43-39-49-37-40-52(60)41-38-49)58(65)69-48-32-24-23-31-47-68-57(64)51(34-26-16-12-8-4)36-28-20-18-14-10-6-2;1-2/h37-38,40-41,50-51,53,60H,5-36,39,42-48H2,1-4H3,(H,59,61);1-2H3. The molecule has 0 aliphatic carbocycles. The molecule has 11 nitrogen and oxygen atoms in total. The number of hydrogen-bond donors (Lipinski definition) is 2. The van der Waals surface area contributed by atoms with Gasteiger partial charge in [0.05, 0.1) is 38.3 Å². The van der Waals surface area contributed by atoms with E-state index in [1.165, 1.54) is 89.9 Å². The second-order valence-electron chi connectivity index (χ2n) is 19.6. The van der Waals surface area contributed by atoms with Crippen molar-refractivity contribution in [1.29, 1.82) is 0 Å². The predicted octanol–water partition coefficient (Wildman–Crippen LogP) is 15.6. The Morgan fingerprint density at radius 3 is 1.17 bits per heavy atom. The molecule has 0 aliphatic rings. The number of amides is 1. The summed E-state index contributed by atoms with van der Waals surface area (Å²) in [6.07, 6.45) is 34.1. The van der Waals surface area contributed by atoms with Gasteiger partial charge in [0.1, 0.15) is 11.8 Å². The number of carbonyl (C=O) groups excluding carboxylic acids is 5. The number of ether oxygens (including phenoxy) is 4. The first kappa shape index (κ1) is 67.4. The first-order chi connectivity index (χ1) is 34.6. The van der Waals surface area contributed by atoms with Crippen LogP contribution in [0.2, 0.25) is 0 Å². The van der Waals surface area contributed by atoms with Crippen LogP contribution in [0.3, 0.4) is 0 Å². The highest BCUT2D eigenvalue weighted by atomic mass is 16.5. The number of aryl methyl sites for hydroxylation is 1. The largest absolute Gasteiger partial charge is 0.508 e. The Bertz CT molecular complexity index is 1420. The average molecular weight is 1000 g/mol. The van der Waals surface area contributed by atoms with Gasteiger partial charge in [-0.25, -0.2) is 4.79 Å². The summed E-state index contributed by atoms with van der Waals surface area (Å²) >= 11 is 0. The van der Waals surface area contributed by atoms with Crippen LogP contribution in [0.1, 0.15) is 272 Å². The summed E-state index contributed by atoms with van der Waals surface area (Å²) in [6, 6.07) is 5.62. The van der Waals surface area contributed by atoms with Gasteiger partial charge in [-0.3, -0.25) is 19.2 Å². The number of carbonyl (C=O) groups is 5. The highest BCUT2D eigenvalue weighted by Crippen LogP contribution is 2.23. The number of benzene rings is 1. The Hall–Kier alpha value is -3.63. The first-order valence-electron chi connectivity index (χ1n) is 29.4. The SMILES string of the molecule is CC.CCCCCCCCC(CCCCCC)C(=O)OCCCCCCOC(=O)CCC(NC(=O)CCc1ccc(O)cc1)C(=O)OCCCCCCOC(=O)C(CCCCCC)CCCCCCCC. The zero-order chi connectivity index (χ0) is 52.4. The molecule has 0 spiro atoms. The third-order valence-corrected chi connectivity index (χ3v) is 13.2. The van der Waals surface area contributed by atoms with Gasteiger partial charge in [0.25, 0.3) is 0 Å². The maximum absolute atomic E-state index is 13.2. The zero-order valence-corrected chi connectivity index (χ0v) is 46.4. The number of phenolic OH excluding ortho intramolecular Hbond substituents is 1. The Labute approximate surface area is 434 Å². The quantitative estimate of drug-likeness (QED) is 0.0366. The molecule has 1 aromatic rings. The first-order valence-corrected chi connectivity index (χ1v) is 29.4. The summed E-state index contributed by atoms with van der Waals surface area (Å²) in [5.74, 6) is -1.35. The average Bonchev–Trinajstić information content (AvgIpc) is 3.37. The molecule has 0 saturated carbocycles. The van der Waals surface area contributed by atoms with Gasteiger partial charge in [-0.2, -0.15) is 0 Å². The lowest BCUT2D eigenvalue weighted by Gasteiger charge is -2.18. The zero-order valence-electron chi connectivity index (χ0n) is 46.4. The van der Waals surface area contributed by atoms with E-state index >= 15 is 0 Å². The van der Waals surface area contributed by atoms with Gasteiger partial charge in [-0.05, 0) is 108 Å². The molecule has 0 fully saturated rings. The van der Waals surface area contributed by atoms with E-state index in [2.05, 4.69) is 33.0 Å². The summed E-state index contributed by atoms with van der Waals surface area (Å²) in [5.41, 5.74) is 0.873. The van der Waals surface area contributed by atoms with E-state index in [9.17, 15) is 29.1 Å². The predicted molar refractivity (Wildman–Crippen MR) is 290 cm³/mol. The van der Waals surface area contributed by atoms with Crippen molar-refractivity contribution in [3.05, 3.63) is 29.8 Å². The maximum Gasteiger partial charge on any atom is 0.328 e. The normalized spacial score (nSPS) is 12.3. The van der Waals surface area contributed by atoms with Crippen LogP contribution in [0, 0.1) is 11.8 Å². The molecule has 0 aromatic heterocycles. The summed E-state index contributed by atoms with van der Waals surface area (Å²) < 4.78 is 22.5. The molecule has 412 valence electrons. The third kappa shape index (κ3) is 40.5. The molecule has 11 heteroatoms. The summed E-state index contributed by atoms with van der Waals surface area (Å²) in [6.45, 7) is 14.1. The maximum atomic E-state index is 13.2. The van der Waals surface area contributed by atoms with Gasteiger partial charge in [0, 0.05) is 12.8 Å². The van der Waals surface area contributed by atoms with Crippen LogP contribution in [0.25, 0.3) is 0 Å². The van der Waals surface area contributed by atoms with Crippen molar-refractivity contribution in [3.8, 4) is 5.75 Å². The van der Waals surface area contributed by atoms with Gasteiger partial charge in [0.2, 0.25) is 5.91 Å². The summed E-state index contributed by atoms with van der Waals surface area (Å²) in [4.78, 5) is 64.9. The van der Waals surface area contributed by atoms with E-state index in [0.717, 1.165) is 108 Å². The van der Waals surface area contributed by atoms with Gasteiger partial charge >= 0.3 is 23.9 Å². The molecular weight excluding hydrogens is 895 g/mol.